The number of carbonyl (C=O) groups is 1. The summed E-state index contributed by atoms with van der Waals surface area (Å²) in [6.45, 7) is 0.259. The van der Waals surface area contributed by atoms with Crippen molar-refractivity contribution in [3.8, 4) is 5.75 Å². The van der Waals surface area contributed by atoms with Gasteiger partial charge in [0.15, 0.2) is 0 Å². The lowest BCUT2D eigenvalue weighted by Crippen LogP contribution is -2.06. The highest BCUT2D eigenvalue weighted by molar-refractivity contribution is 6.30. The first-order valence-electron chi connectivity index (χ1n) is 6.02. The molecule has 0 atom stereocenters. The number of halogens is 1. The molecule has 4 nitrogen and oxygen atoms in total. The monoisotopic (exact) mass is 291 g/mol. The largest absolute Gasteiger partial charge is 0.487 e. The van der Waals surface area contributed by atoms with Gasteiger partial charge in [-0.15, -0.1) is 0 Å². The number of carboxylic acid groups (broad SMARTS) is 1. The normalized spacial score (nSPS) is 10.2. The van der Waals surface area contributed by atoms with Gasteiger partial charge >= 0.3 is 5.97 Å². The second kappa shape index (κ2) is 6.30. The zero-order valence-corrected chi connectivity index (χ0v) is 11.4. The van der Waals surface area contributed by atoms with Crippen LogP contribution in [-0.4, -0.2) is 11.1 Å². The molecule has 2 rings (SSSR count). The van der Waals surface area contributed by atoms with Crippen LogP contribution in [0.15, 0.2) is 42.5 Å². The molecule has 0 bridgehead atoms. The summed E-state index contributed by atoms with van der Waals surface area (Å²) in [6.07, 6.45) is -0.0321. The highest BCUT2D eigenvalue weighted by Crippen LogP contribution is 2.26. The Morgan fingerprint density at radius 2 is 1.90 bits per heavy atom. The maximum Gasteiger partial charge on any atom is 0.307 e. The summed E-state index contributed by atoms with van der Waals surface area (Å²) in [5.74, 6) is -0.344. The van der Waals surface area contributed by atoms with Crippen molar-refractivity contribution in [1.82, 2.24) is 0 Å². The molecule has 0 aliphatic rings. The molecule has 0 aliphatic heterocycles. The molecule has 0 aliphatic carbocycles. The Hall–Kier alpha value is -2.20. The summed E-state index contributed by atoms with van der Waals surface area (Å²) < 4.78 is 5.62. The van der Waals surface area contributed by atoms with Crippen molar-refractivity contribution in [3.05, 3.63) is 58.6 Å². The fraction of sp³-hybridized carbons (Fsp3) is 0.133. The van der Waals surface area contributed by atoms with Crippen LogP contribution >= 0.6 is 11.6 Å². The first kappa shape index (κ1) is 14.2. The second-order valence-electron chi connectivity index (χ2n) is 4.31. The van der Waals surface area contributed by atoms with Gasteiger partial charge in [-0.2, -0.15) is 0 Å². The number of carboxylic acids is 1. The van der Waals surface area contributed by atoms with Crippen molar-refractivity contribution in [2.45, 2.75) is 13.0 Å². The standard InChI is InChI=1S/C15H14ClNO3/c16-12-5-6-14(13(17)8-12)20-9-11-4-2-1-3-10(11)7-15(18)19/h1-6,8H,7,9,17H2,(H,18,19). The summed E-state index contributed by atoms with van der Waals surface area (Å²) in [4.78, 5) is 10.8. The van der Waals surface area contributed by atoms with E-state index < -0.39 is 5.97 Å². The lowest BCUT2D eigenvalue weighted by molar-refractivity contribution is -0.136. The molecular formula is C15H14ClNO3. The minimum Gasteiger partial charge on any atom is -0.487 e. The quantitative estimate of drug-likeness (QED) is 0.830. The van der Waals surface area contributed by atoms with Crippen molar-refractivity contribution < 1.29 is 14.6 Å². The zero-order chi connectivity index (χ0) is 14.5. The van der Waals surface area contributed by atoms with Gasteiger partial charge in [-0.1, -0.05) is 35.9 Å². The molecule has 20 heavy (non-hydrogen) atoms. The molecule has 0 saturated carbocycles. The number of hydrogen-bond acceptors (Lipinski definition) is 3. The van der Waals surface area contributed by atoms with Crippen molar-refractivity contribution in [1.29, 1.82) is 0 Å². The van der Waals surface area contributed by atoms with E-state index in [4.69, 9.17) is 27.2 Å². The summed E-state index contributed by atoms with van der Waals surface area (Å²) in [7, 11) is 0. The third kappa shape index (κ3) is 3.65. The van der Waals surface area contributed by atoms with Crippen molar-refractivity contribution in [2.24, 2.45) is 0 Å². The third-order valence-electron chi connectivity index (χ3n) is 2.82. The number of aliphatic carboxylic acids is 1. The van der Waals surface area contributed by atoms with Crippen LogP contribution < -0.4 is 10.5 Å². The van der Waals surface area contributed by atoms with Gasteiger partial charge in [-0.3, -0.25) is 4.79 Å². The number of nitrogen functional groups attached to an aromatic ring is 1. The van der Waals surface area contributed by atoms with Crippen LogP contribution in [-0.2, 0) is 17.8 Å². The van der Waals surface area contributed by atoms with Crippen LogP contribution in [0.2, 0.25) is 5.02 Å². The fourth-order valence-electron chi connectivity index (χ4n) is 1.84. The van der Waals surface area contributed by atoms with E-state index in [-0.39, 0.29) is 13.0 Å². The Kier molecular flexibility index (Phi) is 4.48. The molecular weight excluding hydrogens is 278 g/mol. The van der Waals surface area contributed by atoms with Crippen LogP contribution in [0.4, 0.5) is 5.69 Å². The van der Waals surface area contributed by atoms with Crippen LogP contribution in [0.1, 0.15) is 11.1 Å². The smallest absolute Gasteiger partial charge is 0.307 e. The van der Waals surface area contributed by atoms with Gasteiger partial charge in [0, 0.05) is 5.02 Å². The molecule has 0 unspecified atom stereocenters. The van der Waals surface area contributed by atoms with Gasteiger partial charge in [0.25, 0.3) is 0 Å². The predicted octanol–water partition coefficient (Wildman–Crippen LogP) is 3.13. The van der Waals surface area contributed by atoms with Gasteiger partial charge in [-0.05, 0) is 29.3 Å². The van der Waals surface area contributed by atoms with E-state index in [1.165, 1.54) is 0 Å². The molecule has 3 N–H and O–H groups in total. The third-order valence-corrected chi connectivity index (χ3v) is 3.05. The lowest BCUT2D eigenvalue weighted by atomic mass is 10.1. The molecule has 5 heteroatoms. The number of hydrogen-bond donors (Lipinski definition) is 2. The number of ether oxygens (including phenoxy) is 1. The average Bonchev–Trinajstić information content (AvgIpc) is 2.39. The average molecular weight is 292 g/mol. The lowest BCUT2D eigenvalue weighted by Gasteiger charge is -2.11. The Balaban J connectivity index is 2.12. The molecule has 0 radical (unpaired) electrons. The van der Waals surface area contributed by atoms with Gasteiger partial charge < -0.3 is 15.6 Å². The number of benzene rings is 2. The van der Waals surface area contributed by atoms with Crippen molar-refractivity contribution in [2.75, 3.05) is 5.73 Å². The number of rotatable bonds is 5. The van der Waals surface area contributed by atoms with E-state index >= 15 is 0 Å². The first-order valence-corrected chi connectivity index (χ1v) is 6.40. The van der Waals surface area contributed by atoms with E-state index in [0.29, 0.717) is 16.5 Å². The Morgan fingerprint density at radius 1 is 1.20 bits per heavy atom. The number of anilines is 1. The van der Waals surface area contributed by atoms with Gasteiger partial charge in [0.1, 0.15) is 12.4 Å². The summed E-state index contributed by atoms with van der Waals surface area (Å²) in [6, 6.07) is 12.3. The van der Waals surface area contributed by atoms with Crippen LogP contribution in [0.25, 0.3) is 0 Å². The summed E-state index contributed by atoms with van der Waals surface area (Å²) in [5.41, 5.74) is 7.81. The summed E-state index contributed by atoms with van der Waals surface area (Å²) in [5, 5.41) is 9.42. The first-order chi connectivity index (χ1) is 9.56. The van der Waals surface area contributed by atoms with E-state index in [1.54, 1.807) is 30.3 Å². The molecule has 0 saturated heterocycles. The highest BCUT2D eigenvalue weighted by Gasteiger charge is 2.08. The van der Waals surface area contributed by atoms with Crippen LogP contribution in [0, 0.1) is 0 Å². The van der Waals surface area contributed by atoms with Gasteiger partial charge in [-0.25, -0.2) is 0 Å². The minimum atomic E-state index is -0.872. The Morgan fingerprint density at radius 3 is 2.55 bits per heavy atom. The zero-order valence-electron chi connectivity index (χ0n) is 10.7. The molecule has 0 fully saturated rings. The molecule has 0 spiro atoms. The molecule has 0 amide bonds. The van der Waals surface area contributed by atoms with Gasteiger partial charge in [0.05, 0.1) is 12.1 Å². The van der Waals surface area contributed by atoms with Crippen LogP contribution in [0.5, 0.6) is 5.75 Å². The maximum atomic E-state index is 10.8. The maximum absolute atomic E-state index is 10.8. The molecule has 0 heterocycles. The topological polar surface area (TPSA) is 72.5 Å². The number of nitrogens with two attached hydrogens (primary N) is 1. The van der Waals surface area contributed by atoms with E-state index in [2.05, 4.69) is 0 Å². The Bertz CT molecular complexity index is 628. The molecule has 2 aromatic rings. The Labute approximate surface area is 121 Å². The van der Waals surface area contributed by atoms with E-state index in [1.807, 2.05) is 12.1 Å². The predicted molar refractivity (Wildman–Crippen MR) is 78.0 cm³/mol. The summed E-state index contributed by atoms with van der Waals surface area (Å²) >= 11 is 5.82. The van der Waals surface area contributed by atoms with E-state index in [9.17, 15) is 4.79 Å². The van der Waals surface area contributed by atoms with Crippen molar-refractivity contribution in [3.63, 3.8) is 0 Å². The molecule has 2 aromatic carbocycles. The van der Waals surface area contributed by atoms with Crippen LogP contribution in [0.3, 0.4) is 0 Å². The second-order valence-corrected chi connectivity index (χ2v) is 4.75. The highest BCUT2D eigenvalue weighted by atomic mass is 35.5. The van der Waals surface area contributed by atoms with Gasteiger partial charge in [0.2, 0.25) is 0 Å². The van der Waals surface area contributed by atoms with E-state index in [0.717, 1.165) is 11.1 Å². The fourth-order valence-corrected chi connectivity index (χ4v) is 2.02. The molecule has 0 aromatic heterocycles. The van der Waals surface area contributed by atoms with Crippen molar-refractivity contribution >= 4 is 23.3 Å². The SMILES string of the molecule is Nc1cc(Cl)ccc1OCc1ccccc1CC(=O)O. The minimum absolute atomic E-state index is 0.0321. The molecule has 104 valence electrons.